The van der Waals surface area contributed by atoms with Gasteiger partial charge >= 0.3 is 6.03 Å². The van der Waals surface area contributed by atoms with E-state index in [-0.39, 0.29) is 12.1 Å². The summed E-state index contributed by atoms with van der Waals surface area (Å²) < 4.78 is 5.38. The molecule has 0 bridgehead atoms. The molecule has 0 fully saturated rings. The second kappa shape index (κ2) is 6.25. The van der Waals surface area contributed by atoms with Crippen LogP contribution in [0.5, 0.6) is 0 Å². The molecule has 20 heavy (non-hydrogen) atoms. The smallest absolute Gasteiger partial charge is 0.319 e. The summed E-state index contributed by atoms with van der Waals surface area (Å²) in [7, 11) is 0. The van der Waals surface area contributed by atoms with Crippen LogP contribution < -0.4 is 16.4 Å². The first kappa shape index (κ1) is 14.1. The van der Waals surface area contributed by atoms with Crippen molar-refractivity contribution in [1.29, 1.82) is 0 Å². The van der Waals surface area contributed by atoms with Crippen LogP contribution in [-0.4, -0.2) is 6.03 Å². The second-order valence-corrected chi connectivity index (χ2v) is 4.73. The van der Waals surface area contributed by atoms with Crippen molar-refractivity contribution in [2.45, 2.75) is 26.4 Å². The average molecular weight is 273 g/mol. The van der Waals surface area contributed by atoms with Gasteiger partial charge in [-0.15, -0.1) is 0 Å². The highest BCUT2D eigenvalue weighted by Crippen LogP contribution is 2.15. The standard InChI is InChI=1S/C15H19N3O2/c1-10-6-7-14(20-10)9-17-15(19)18-13-5-3-4-12(8-13)11(2)16/h3-8,11H,9,16H2,1-2H3,(H2,17,18,19). The number of aryl methyl sites for hydroxylation is 1. The number of benzene rings is 1. The van der Waals surface area contributed by atoms with Crippen molar-refractivity contribution in [3.05, 3.63) is 53.5 Å². The molecule has 5 heteroatoms. The third kappa shape index (κ3) is 3.86. The summed E-state index contributed by atoms with van der Waals surface area (Å²) >= 11 is 0. The molecule has 5 nitrogen and oxygen atoms in total. The number of anilines is 1. The Labute approximate surface area is 118 Å². The van der Waals surface area contributed by atoms with E-state index in [0.717, 1.165) is 17.1 Å². The molecule has 0 radical (unpaired) electrons. The van der Waals surface area contributed by atoms with Crippen LogP contribution in [0.15, 0.2) is 40.8 Å². The number of hydrogen-bond acceptors (Lipinski definition) is 3. The van der Waals surface area contributed by atoms with Crippen molar-refractivity contribution >= 4 is 11.7 Å². The maximum absolute atomic E-state index is 11.8. The molecule has 1 unspecified atom stereocenters. The summed E-state index contributed by atoms with van der Waals surface area (Å²) in [6.45, 7) is 4.12. The van der Waals surface area contributed by atoms with Crippen LogP contribution in [0, 0.1) is 6.92 Å². The number of amides is 2. The third-order valence-corrected chi connectivity index (χ3v) is 2.89. The van der Waals surface area contributed by atoms with Crippen molar-refractivity contribution in [3.8, 4) is 0 Å². The summed E-state index contributed by atoms with van der Waals surface area (Å²) in [5.41, 5.74) is 7.50. The number of furan rings is 1. The number of nitrogens with two attached hydrogens (primary N) is 1. The van der Waals surface area contributed by atoms with Gasteiger partial charge in [-0.3, -0.25) is 0 Å². The number of hydrogen-bond donors (Lipinski definition) is 3. The molecule has 106 valence electrons. The minimum absolute atomic E-state index is 0.0640. The molecule has 2 amide bonds. The molecule has 1 atom stereocenters. The minimum Gasteiger partial charge on any atom is -0.465 e. The van der Waals surface area contributed by atoms with Gasteiger partial charge in [-0.2, -0.15) is 0 Å². The molecule has 0 saturated heterocycles. The first-order valence-electron chi connectivity index (χ1n) is 6.50. The Bertz CT molecular complexity index is 590. The molecule has 2 rings (SSSR count). The van der Waals surface area contributed by atoms with E-state index in [1.807, 2.05) is 50.2 Å². The maximum Gasteiger partial charge on any atom is 0.319 e. The zero-order valence-electron chi connectivity index (χ0n) is 11.6. The quantitative estimate of drug-likeness (QED) is 0.801. The number of carbonyl (C=O) groups excluding carboxylic acids is 1. The highest BCUT2D eigenvalue weighted by molar-refractivity contribution is 5.89. The van der Waals surface area contributed by atoms with Crippen LogP contribution in [0.4, 0.5) is 10.5 Å². The third-order valence-electron chi connectivity index (χ3n) is 2.89. The lowest BCUT2D eigenvalue weighted by atomic mass is 10.1. The van der Waals surface area contributed by atoms with Crippen LogP contribution in [0.3, 0.4) is 0 Å². The van der Waals surface area contributed by atoms with E-state index in [9.17, 15) is 4.79 Å². The predicted octanol–water partition coefficient (Wildman–Crippen LogP) is 2.93. The van der Waals surface area contributed by atoms with Crippen molar-refractivity contribution in [3.63, 3.8) is 0 Å². The number of urea groups is 1. The van der Waals surface area contributed by atoms with E-state index in [0.29, 0.717) is 12.2 Å². The molecule has 0 aliphatic heterocycles. The van der Waals surface area contributed by atoms with E-state index < -0.39 is 0 Å². The molecular weight excluding hydrogens is 254 g/mol. The van der Waals surface area contributed by atoms with Crippen molar-refractivity contribution < 1.29 is 9.21 Å². The van der Waals surface area contributed by atoms with Crippen molar-refractivity contribution in [2.24, 2.45) is 5.73 Å². The lowest BCUT2D eigenvalue weighted by molar-refractivity contribution is 0.250. The van der Waals surface area contributed by atoms with Crippen molar-refractivity contribution in [2.75, 3.05) is 5.32 Å². The SMILES string of the molecule is Cc1ccc(CNC(=O)Nc2cccc(C(C)N)c2)o1. The Morgan fingerprint density at radius 1 is 1.35 bits per heavy atom. The zero-order chi connectivity index (χ0) is 14.5. The zero-order valence-corrected chi connectivity index (χ0v) is 11.6. The molecule has 1 aromatic carbocycles. The van der Waals surface area contributed by atoms with Gasteiger partial charge in [-0.1, -0.05) is 12.1 Å². The summed E-state index contributed by atoms with van der Waals surface area (Å²) in [6.07, 6.45) is 0. The lowest BCUT2D eigenvalue weighted by Crippen LogP contribution is -2.28. The highest BCUT2D eigenvalue weighted by Gasteiger charge is 2.05. The molecule has 0 aliphatic rings. The van der Waals surface area contributed by atoms with Gasteiger partial charge < -0.3 is 20.8 Å². The van der Waals surface area contributed by atoms with Crippen LogP contribution in [-0.2, 0) is 6.54 Å². The number of rotatable bonds is 4. The average Bonchev–Trinajstić information content (AvgIpc) is 2.82. The van der Waals surface area contributed by atoms with Gasteiger partial charge in [0.2, 0.25) is 0 Å². The van der Waals surface area contributed by atoms with Gasteiger partial charge in [0.15, 0.2) is 0 Å². The van der Waals surface area contributed by atoms with Crippen LogP contribution in [0.2, 0.25) is 0 Å². The molecule has 2 aromatic rings. The summed E-state index contributed by atoms with van der Waals surface area (Å²) in [5.74, 6) is 1.55. The first-order valence-corrected chi connectivity index (χ1v) is 6.50. The first-order chi connectivity index (χ1) is 9.54. The van der Waals surface area contributed by atoms with E-state index in [1.165, 1.54) is 0 Å². The van der Waals surface area contributed by atoms with E-state index in [4.69, 9.17) is 10.2 Å². The molecule has 0 aliphatic carbocycles. The van der Waals surface area contributed by atoms with Gasteiger partial charge in [0.05, 0.1) is 6.54 Å². The molecular formula is C15H19N3O2. The Morgan fingerprint density at radius 3 is 2.80 bits per heavy atom. The maximum atomic E-state index is 11.8. The fourth-order valence-corrected chi connectivity index (χ4v) is 1.82. The molecule has 1 heterocycles. The fraction of sp³-hybridized carbons (Fsp3) is 0.267. The Morgan fingerprint density at radius 2 is 2.15 bits per heavy atom. The molecule has 1 aromatic heterocycles. The predicted molar refractivity (Wildman–Crippen MR) is 78.3 cm³/mol. The Kier molecular flexibility index (Phi) is 4.42. The van der Waals surface area contributed by atoms with Gasteiger partial charge in [0, 0.05) is 11.7 Å². The van der Waals surface area contributed by atoms with Crippen molar-refractivity contribution in [1.82, 2.24) is 5.32 Å². The Balaban J connectivity index is 1.89. The monoisotopic (exact) mass is 273 g/mol. The van der Waals surface area contributed by atoms with Gasteiger partial charge in [0.25, 0.3) is 0 Å². The summed E-state index contributed by atoms with van der Waals surface area (Å²) in [5, 5.41) is 5.50. The van der Waals surface area contributed by atoms with Crippen LogP contribution >= 0.6 is 0 Å². The van der Waals surface area contributed by atoms with E-state index in [1.54, 1.807) is 0 Å². The topological polar surface area (TPSA) is 80.3 Å². The van der Waals surface area contributed by atoms with Crippen LogP contribution in [0.25, 0.3) is 0 Å². The van der Waals surface area contributed by atoms with Gasteiger partial charge in [-0.05, 0) is 43.7 Å². The fourth-order valence-electron chi connectivity index (χ4n) is 1.82. The number of nitrogens with one attached hydrogen (secondary N) is 2. The lowest BCUT2D eigenvalue weighted by Gasteiger charge is -2.10. The van der Waals surface area contributed by atoms with E-state index in [2.05, 4.69) is 10.6 Å². The normalized spacial score (nSPS) is 11.9. The molecule has 4 N–H and O–H groups in total. The van der Waals surface area contributed by atoms with Crippen LogP contribution in [0.1, 0.15) is 30.0 Å². The Hall–Kier alpha value is -2.27. The molecule has 0 spiro atoms. The largest absolute Gasteiger partial charge is 0.465 e. The van der Waals surface area contributed by atoms with Gasteiger partial charge in [0.1, 0.15) is 11.5 Å². The second-order valence-electron chi connectivity index (χ2n) is 4.73. The van der Waals surface area contributed by atoms with Gasteiger partial charge in [-0.25, -0.2) is 4.79 Å². The summed E-state index contributed by atoms with van der Waals surface area (Å²) in [6, 6.07) is 10.8. The summed E-state index contributed by atoms with van der Waals surface area (Å²) in [4.78, 5) is 11.8. The number of carbonyl (C=O) groups is 1. The minimum atomic E-state index is -0.277. The van der Waals surface area contributed by atoms with E-state index >= 15 is 0 Å². The molecule has 0 saturated carbocycles. The highest BCUT2D eigenvalue weighted by atomic mass is 16.3.